The minimum Gasteiger partial charge on any atom is -0.372 e. The van der Waals surface area contributed by atoms with Gasteiger partial charge < -0.3 is 15.5 Å². The van der Waals surface area contributed by atoms with Gasteiger partial charge in [0.1, 0.15) is 0 Å². The highest BCUT2D eigenvalue weighted by Crippen LogP contribution is 2.19. The van der Waals surface area contributed by atoms with Gasteiger partial charge in [0.25, 0.3) is 5.91 Å². The molecular formula is C22H25N5O. The number of rotatable bonds is 7. The number of nitrogens with one attached hydrogen (secondary N) is 2. The van der Waals surface area contributed by atoms with Crippen LogP contribution in [0.1, 0.15) is 29.9 Å². The maximum absolute atomic E-state index is 12.4. The van der Waals surface area contributed by atoms with Gasteiger partial charge >= 0.3 is 0 Å². The predicted molar refractivity (Wildman–Crippen MR) is 114 cm³/mol. The van der Waals surface area contributed by atoms with E-state index in [1.54, 1.807) is 12.1 Å². The van der Waals surface area contributed by atoms with E-state index in [0.29, 0.717) is 5.82 Å². The Bertz CT molecular complexity index is 918. The lowest BCUT2D eigenvalue weighted by Crippen LogP contribution is -2.21. The summed E-state index contributed by atoms with van der Waals surface area (Å²) in [6.07, 6.45) is 0. The molecule has 0 aliphatic heterocycles. The smallest absolute Gasteiger partial charge is 0.276 e. The predicted octanol–water partition coefficient (Wildman–Crippen LogP) is 4.63. The molecule has 2 aromatic carbocycles. The molecule has 0 saturated carbocycles. The highest BCUT2D eigenvalue weighted by atomic mass is 16.1. The molecule has 6 heteroatoms. The van der Waals surface area contributed by atoms with Gasteiger partial charge in [0.2, 0.25) is 0 Å². The number of anilines is 4. The monoisotopic (exact) mass is 375 g/mol. The Kier molecular flexibility index (Phi) is 6.22. The molecule has 28 heavy (non-hydrogen) atoms. The Morgan fingerprint density at radius 1 is 0.929 bits per heavy atom. The van der Waals surface area contributed by atoms with Gasteiger partial charge in [0, 0.05) is 30.2 Å². The molecule has 0 atom stereocenters. The number of aromatic nitrogens is 2. The molecule has 1 amide bonds. The van der Waals surface area contributed by atoms with Gasteiger partial charge in [-0.25, -0.2) is 0 Å². The van der Waals surface area contributed by atoms with Crippen LogP contribution in [-0.2, 0) is 0 Å². The van der Waals surface area contributed by atoms with E-state index in [1.165, 1.54) is 0 Å². The molecular weight excluding hydrogens is 350 g/mol. The van der Waals surface area contributed by atoms with Crippen molar-refractivity contribution in [1.82, 2.24) is 10.2 Å². The van der Waals surface area contributed by atoms with Crippen LogP contribution < -0.4 is 15.5 Å². The van der Waals surface area contributed by atoms with Crippen molar-refractivity contribution in [3.8, 4) is 0 Å². The average Bonchev–Trinajstić information content (AvgIpc) is 2.71. The molecule has 6 nitrogen and oxygen atoms in total. The van der Waals surface area contributed by atoms with E-state index in [1.807, 2.05) is 55.5 Å². The summed E-state index contributed by atoms with van der Waals surface area (Å²) in [5.74, 6) is 0.302. The van der Waals surface area contributed by atoms with Crippen LogP contribution in [-0.4, -0.2) is 29.2 Å². The summed E-state index contributed by atoms with van der Waals surface area (Å²) < 4.78 is 0. The van der Waals surface area contributed by atoms with Crippen molar-refractivity contribution in [2.45, 2.75) is 20.8 Å². The number of amides is 1. The molecule has 1 heterocycles. The van der Waals surface area contributed by atoms with Crippen molar-refractivity contribution < 1.29 is 4.79 Å². The molecule has 1 aromatic heterocycles. The van der Waals surface area contributed by atoms with E-state index >= 15 is 0 Å². The lowest BCUT2D eigenvalue weighted by molar-refractivity contribution is 0.102. The SMILES string of the molecule is CCN(CC)c1ccc(NC(=O)c2ccc(Nc3cccc(C)c3)nn2)cc1. The Labute approximate surface area is 165 Å². The van der Waals surface area contributed by atoms with Crippen molar-refractivity contribution >= 4 is 28.8 Å². The standard InChI is InChI=1S/C22H25N5O/c1-4-27(5-2)19-11-9-17(10-12-19)24-22(28)20-13-14-21(26-25-20)23-18-8-6-7-16(3)15-18/h6-15H,4-5H2,1-3H3,(H,23,26)(H,24,28). The zero-order valence-corrected chi connectivity index (χ0v) is 16.4. The maximum atomic E-state index is 12.4. The fourth-order valence-electron chi connectivity index (χ4n) is 2.93. The first-order valence-electron chi connectivity index (χ1n) is 9.43. The van der Waals surface area contributed by atoms with Crippen LogP contribution in [0.3, 0.4) is 0 Å². The minimum absolute atomic E-state index is 0.266. The van der Waals surface area contributed by atoms with Gasteiger partial charge in [-0.2, -0.15) is 0 Å². The molecule has 0 aliphatic rings. The molecule has 0 unspecified atom stereocenters. The summed E-state index contributed by atoms with van der Waals surface area (Å²) in [4.78, 5) is 14.7. The second-order valence-corrected chi connectivity index (χ2v) is 6.47. The average molecular weight is 375 g/mol. The Morgan fingerprint density at radius 3 is 2.29 bits per heavy atom. The number of hydrogen-bond donors (Lipinski definition) is 2. The summed E-state index contributed by atoms with van der Waals surface area (Å²) in [7, 11) is 0. The van der Waals surface area contributed by atoms with E-state index in [9.17, 15) is 4.79 Å². The van der Waals surface area contributed by atoms with Crippen molar-refractivity contribution in [2.75, 3.05) is 28.6 Å². The van der Waals surface area contributed by atoms with E-state index in [0.717, 1.165) is 35.7 Å². The molecule has 144 valence electrons. The number of benzene rings is 2. The van der Waals surface area contributed by atoms with Gasteiger partial charge in [-0.1, -0.05) is 12.1 Å². The van der Waals surface area contributed by atoms with E-state index in [2.05, 4.69) is 39.6 Å². The van der Waals surface area contributed by atoms with Crippen LogP contribution in [0.2, 0.25) is 0 Å². The summed E-state index contributed by atoms with van der Waals surface area (Å²) in [6.45, 7) is 8.16. The molecule has 0 fully saturated rings. The van der Waals surface area contributed by atoms with Crippen molar-refractivity contribution in [3.63, 3.8) is 0 Å². The fourth-order valence-corrected chi connectivity index (χ4v) is 2.93. The van der Waals surface area contributed by atoms with E-state index < -0.39 is 0 Å². The lowest BCUT2D eigenvalue weighted by Gasteiger charge is -2.21. The first kappa shape index (κ1) is 19.4. The topological polar surface area (TPSA) is 70.2 Å². The zero-order valence-electron chi connectivity index (χ0n) is 16.4. The zero-order chi connectivity index (χ0) is 19.9. The van der Waals surface area contributed by atoms with Crippen molar-refractivity contribution in [1.29, 1.82) is 0 Å². The summed E-state index contributed by atoms with van der Waals surface area (Å²) in [6, 6.07) is 19.2. The van der Waals surface area contributed by atoms with Crippen LogP contribution in [0.25, 0.3) is 0 Å². The van der Waals surface area contributed by atoms with Crippen LogP contribution in [0.15, 0.2) is 60.7 Å². The molecule has 0 spiro atoms. The summed E-state index contributed by atoms with van der Waals surface area (Å²) in [5, 5.41) is 14.2. The Hall–Kier alpha value is -3.41. The van der Waals surface area contributed by atoms with Gasteiger partial charge in [-0.3, -0.25) is 4.79 Å². The van der Waals surface area contributed by atoms with Gasteiger partial charge in [-0.05, 0) is 74.9 Å². The van der Waals surface area contributed by atoms with E-state index in [-0.39, 0.29) is 11.6 Å². The third-order valence-corrected chi connectivity index (χ3v) is 4.44. The summed E-state index contributed by atoms with van der Waals surface area (Å²) in [5.41, 5.74) is 4.21. The van der Waals surface area contributed by atoms with E-state index in [4.69, 9.17) is 0 Å². The Balaban J connectivity index is 1.63. The molecule has 2 N–H and O–H groups in total. The largest absolute Gasteiger partial charge is 0.372 e. The number of hydrogen-bond acceptors (Lipinski definition) is 5. The quantitative estimate of drug-likeness (QED) is 0.630. The molecule has 0 radical (unpaired) electrons. The number of nitrogens with zero attached hydrogens (tertiary/aromatic N) is 3. The lowest BCUT2D eigenvalue weighted by atomic mass is 10.2. The molecule has 3 aromatic rings. The molecule has 0 aliphatic carbocycles. The first-order chi connectivity index (χ1) is 13.6. The van der Waals surface area contributed by atoms with Crippen LogP contribution in [0.4, 0.5) is 22.9 Å². The minimum atomic E-state index is -0.287. The second kappa shape index (κ2) is 8.99. The number of carbonyl (C=O) groups excluding carboxylic acids is 1. The van der Waals surface area contributed by atoms with Crippen LogP contribution >= 0.6 is 0 Å². The van der Waals surface area contributed by atoms with Crippen molar-refractivity contribution in [3.05, 3.63) is 71.9 Å². The third kappa shape index (κ3) is 4.85. The third-order valence-electron chi connectivity index (χ3n) is 4.44. The number of aryl methyl sites for hydroxylation is 1. The number of carbonyl (C=O) groups is 1. The van der Waals surface area contributed by atoms with Gasteiger partial charge in [0.15, 0.2) is 11.5 Å². The second-order valence-electron chi connectivity index (χ2n) is 6.47. The van der Waals surface area contributed by atoms with Gasteiger partial charge in [0.05, 0.1) is 0 Å². The van der Waals surface area contributed by atoms with Crippen molar-refractivity contribution in [2.24, 2.45) is 0 Å². The highest BCUT2D eigenvalue weighted by Gasteiger charge is 2.09. The highest BCUT2D eigenvalue weighted by molar-refractivity contribution is 6.02. The van der Waals surface area contributed by atoms with Gasteiger partial charge in [-0.15, -0.1) is 10.2 Å². The first-order valence-corrected chi connectivity index (χ1v) is 9.43. The summed E-state index contributed by atoms with van der Waals surface area (Å²) >= 11 is 0. The van der Waals surface area contributed by atoms with Crippen LogP contribution in [0.5, 0.6) is 0 Å². The molecule has 0 saturated heterocycles. The Morgan fingerprint density at radius 2 is 1.68 bits per heavy atom. The maximum Gasteiger partial charge on any atom is 0.276 e. The van der Waals surface area contributed by atoms with Crippen LogP contribution in [0, 0.1) is 6.92 Å². The molecule has 0 bridgehead atoms. The fraction of sp³-hybridized carbons (Fsp3) is 0.227. The molecule has 3 rings (SSSR count). The normalized spacial score (nSPS) is 10.4.